The van der Waals surface area contributed by atoms with Gasteiger partial charge in [0.05, 0.1) is 5.02 Å². The van der Waals surface area contributed by atoms with Gasteiger partial charge in [0, 0.05) is 10.5 Å². The molecule has 70 valence electrons. The van der Waals surface area contributed by atoms with Gasteiger partial charge in [-0.1, -0.05) is 24.6 Å². The summed E-state index contributed by atoms with van der Waals surface area (Å²) in [4.78, 5) is 12.0. The van der Waals surface area contributed by atoms with E-state index in [1.165, 1.54) is 6.92 Å². The third kappa shape index (κ3) is 2.75. The molecule has 0 saturated heterocycles. The minimum Gasteiger partial charge on any atom is -0.295 e. The molecule has 0 aromatic heterocycles. The van der Waals surface area contributed by atoms with Crippen LogP contribution in [0.5, 0.6) is 0 Å². The standard InChI is InChI=1S/C10H11ClOS/c1-3-13-10-5-4-8(7(2)12)6-9(10)11/h4-6H,3H2,1-2H3. The largest absolute Gasteiger partial charge is 0.295 e. The first-order valence-corrected chi connectivity index (χ1v) is 5.44. The van der Waals surface area contributed by atoms with Crippen LogP contribution in [0.25, 0.3) is 0 Å². The molecule has 13 heavy (non-hydrogen) atoms. The number of thioether (sulfide) groups is 1. The lowest BCUT2D eigenvalue weighted by molar-refractivity contribution is 0.101. The van der Waals surface area contributed by atoms with Crippen molar-refractivity contribution < 1.29 is 4.79 Å². The zero-order valence-electron chi connectivity index (χ0n) is 7.63. The second-order valence-electron chi connectivity index (χ2n) is 2.63. The van der Waals surface area contributed by atoms with Crippen molar-refractivity contribution in [2.45, 2.75) is 18.7 Å². The van der Waals surface area contributed by atoms with E-state index in [1.54, 1.807) is 17.8 Å². The van der Waals surface area contributed by atoms with Crippen molar-refractivity contribution in [1.82, 2.24) is 0 Å². The second kappa shape index (κ2) is 4.68. The Labute approximate surface area is 87.5 Å². The Hall–Kier alpha value is -0.470. The normalized spacial score (nSPS) is 10.1. The van der Waals surface area contributed by atoms with E-state index >= 15 is 0 Å². The highest BCUT2D eigenvalue weighted by Gasteiger charge is 2.04. The first-order chi connectivity index (χ1) is 6.15. The summed E-state index contributed by atoms with van der Waals surface area (Å²) in [6.45, 7) is 3.61. The molecule has 0 bridgehead atoms. The van der Waals surface area contributed by atoms with Gasteiger partial charge in [-0.25, -0.2) is 0 Å². The number of ketones is 1. The number of benzene rings is 1. The molecule has 3 heteroatoms. The summed E-state index contributed by atoms with van der Waals surface area (Å²) in [5.41, 5.74) is 0.672. The van der Waals surface area contributed by atoms with Crippen LogP contribution in [0, 0.1) is 0 Å². The number of carbonyl (C=O) groups is 1. The Balaban J connectivity index is 2.98. The SMILES string of the molecule is CCSc1ccc(C(C)=O)cc1Cl. The summed E-state index contributed by atoms with van der Waals surface area (Å²) in [6.07, 6.45) is 0. The first-order valence-electron chi connectivity index (χ1n) is 4.08. The van der Waals surface area contributed by atoms with E-state index in [-0.39, 0.29) is 5.78 Å². The van der Waals surface area contributed by atoms with Gasteiger partial charge in [-0.15, -0.1) is 11.8 Å². The lowest BCUT2D eigenvalue weighted by Crippen LogP contribution is -1.91. The Bertz CT molecular complexity index is 323. The molecule has 0 radical (unpaired) electrons. The van der Waals surface area contributed by atoms with Crippen molar-refractivity contribution in [3.8, 4) is 0 Å². The molecule has 0 aliphatic heterocycles. The van der Waals surface area contributed by atoms with Crippen LogP contribution >= 0.6 is 23.4 Å². The van der Waals surface area contributed by atoms with Crippen molar-refractivity contribution in [3.63, 3.8) is 0 Å². The molecule has 0 atom stereocenters. The molecule has 1 aromatic rings. The highest BCUT2D eigenvalue weighted by molar-refractivity contribution is 7.99. The Morgan fingerprint density at radius 3 is 2.69 bits per heavy atom. The number of rotatable bonds is 3. The lowest BCUT2D eigenvalue weighted by Gasteiger charge is -2.03. The number of carbonyl (C=O) groups excluding carboxylic acids is 1. The van der Waals surface area contributed by atoms with Crippen LogP contribution in [-0.2, 0) is 0 Å². The number of hydrogen-bond donors (Lipinski definition) is 0. The van der Waals surface area contributed by atoms with Gasteiger partial charge in [0.1, 0.15) is 0 Å². The van der Waals surface area contributed by atoms with E-state index < -0.39 is 0 Å². The van der Waals surface area contributed by atoms with E-state index in [4.69, 9.17) is 11.6 Å². The van der Waals surface area contributed by atoms with Gasteiger partial charge in [-0.3, -0.25) is 4.79 Å². The van der Waals surface area contributed by atoms with Crippen LogP contribution in [0.3, 0.4) is 0 Å². The molecule has 0 N–H and O–H groups in total. The van der Waals surface area contributed by atoms with Crippen molar-refractivity contribution in [3.05, 3.63) is 28.8 Å². The van der Waals surface area contributed by atoms with Crippen LogP contribution in [0.4, 0.5) is 0 Å². The second-order valence-corrected chi connectivity index (χ2v) is 4.35. The van der Waals surface area contributed by atoms with Crippen LogP contribution < -0.4 is 0 Å². The number of halogens is 1. The lowest BCUT2D eigenvalue weighted by atomic mass is 10.1. The average Bonchev–Trinajstić information content (AvgIpc) is 2.08. The molecule has 0 saturated carbocycles. The van der Waals surface area contributed by atoms with Gasteiger partial charge < -0.3 is 0 Å². The fourth-order valence-corrected chi connectivity index (χ4v) is 2.01. The molecule has 1 aromatic carbocycles. The van der Waals surface area contributed by atoms with Crippen molar-refractivity contribution in [2.24, 2.45) is 0 Å². The maximum absolute atomic E-state index is 11.0. The first kappa shape index (κ1) is 10.6. The molecule has 1 rings (SSSR count). The Kier molecular flexibility index (Phi) is 3.82. The summed E-state index contributed by atoms with van der Waals surface area (Å²) < 4.78 is 0. The summed E-state index contributed by atoms with van der Waals surface area (Å²) in [5.74, 6) is 1.04. The smallest absolute Gasteiger partial charge is 0.159 e. The van der Waals surface area contributed by atoms with Crippen LogP contribution in [0.2, 0.25) is 5.02 Å². The van der Waals surface area contributed by atoms with E-state index in [1.807, 2.05) is 12.1 Å². The molecular weight excluding hydrogens is 204 g/mol. The van der Waals surface area contributed by atoms with E-state index in [9.17, 15) is 4.79 Å². The summed E-state index contributed by atoms with van der Waals surface area (Å²) in [5, 5.41) is 0.666. The molecule has 0 amide bonds. The number of Topliss-reactive ketones (excluding diaryl/α,β-unsaturated/α-hetero) is 1. The fourth-order valence-electron chi connectivity index (χ4n) is 0.992. The molecule has 0 spiro atoms. The minimum atomic E-state index is 0.0509. The van der Waals surface area contributed by atoms with Gasteiger partial charge in [0.25, 0.3) is 0 Å². The predicted octanol–water partition coefficient (Wildman–Crippen LogP) is 3.65. The highest BCUT2D eigenvalue weighted by atomic mass is 35.5. The Morgan fingerprint density at radius 1 is 1.54 bits per heavy atom. The molecule has 0 aliphatic rings. The van der Waals surface area contributed by atoms with Gasteiger partial charge >= 0.3 is 0 Å². The van der Waals surface area contributed by atoms with Crippen molar-refractivity contribution in [1.29, 1.82) is 0 Å². The Morgan fingerprint density at radius 2 is 2.23 bits per heavy atom. The van der Waals surface area contributed by atoms with E-state index in [0.717, 1.165) is 10.6 Å². The number of hydrogen-bond acceptors (Lipinski definition) is 2. The average molecular weight is 215 g/mol. The monoisotopic (exact) mass is 214 g/mol. The van der Waals surface area contributed by atoms with Gasteiger partial charge in [-0.2, -0.15) is 0 Å². The molecule has 0 unspecified atom stereocenters. The maximum Gasteiger partial charge on any atom is 0.159 e. The van der Waals surface area contributed by atoms with Gasteiger partial charge in [-0.05, 0) is 24.8 Å². The summed E-state index contributed by atoms with van der Waals surface area (Å²) in [7, 11) is 0. The zero-order chi connectivity index (χ0) is 9.84. The molecule has 0 fully saturated rings. The van der Waals surface area contributed by atoms with Crippen LogP contribution in [0.1, 0.15) is 24.2 Å². The third-order valence-electron chi connectivity index (χ3n) is 1.64. The van der Waals surface area contributed by atoms with Crippen molar-refractivity contribution in [2.75, 3.05) is 5.75 Å². The van der Waals surface area contributed by atoms with Crippen molar-refractivity contribution >= 4 is 29.1 Å². The topological polar surface area (TPSA) is 17.1 Å². The van der Waals surface area contributed by atoms with Gasteiger partial charge in [0.2, 0.25) is 0 Å². The van der Waals surface area contributed by atoms with Crippen LogP contribution in [-0.4, -0.2) is 11.5 Å². The van der Waals surface area contributed by atoms with E-state index in [0.29, 0.717) is 10.6 Å². The van der Waals surface area contributed by atoms with Crippen LogP contribution in [0.15, 0.2) is 23.1 Å². The quantitative estimate of drug-likeness (QED) is 0.564. The predicted molar refractivity (Wildman–Crippen MR) is 57.9 cm³/mol. The third-order valence-corrected chi connectivity index (χ3v) is 3.02. The summed E-state index contributed by atoms with van der Waals surface area (Å²) in [6, 6.07) is 5.43. The summed E-state index contributed by atoms with van der Waals surface area (Å²) >= 11 is 7.66. The highest BCUT2D eigenvalue weighted by Crippen LogP contribution is 2.27. The zero-order valence-corrected chi connectivity index (χ0v) is 9.21. The molecule has 0 heterocycles. The molecule has 0 aliphatic carbocycles. The van der Waals surface area contributed by atoms with Gasteiger partial charge in [0.15, 0.2) is 5.78 Å². The molecule has 1 nitrogen and oxygen atoms in total. The molecular formula is C10H11ClOS. The fraction of sp³-hybridized carbons (Fsp3) is 0.300. The maximum atomic E-state index is 11.0. The van der Waals surface area contributed by atoms with E-state index in [2.05, 4.69) is 6.92 Å². The minimum absolute atomic E-state index is 0.0509.